The Morgan fingerprint density at radius 2 is 2.13 bits per heavy atom. The molecule has 0 unspecified atom stereocenters. The minimum atomic E-state index is -0.0917. The average molecular weight is 380 g/mol. The molecule has 2 nitrogen and oxygen atoms in total. The first kappa shape index (κ1) is 12.7. The quantitative estimate of drug-likeness (QED) is 0.611. The summed E-state index contributed by atoms with van der Waals surface area (Å²) in [5.74, 6) is -0.0917. The van der Waals surface area contributed by atoms with Crippen LogP contribution in [0.4, 0.5) is 5.69 Å². The highest BCUT2D eigenvalue weighted by atomic mass is 127. The number of benzene rings is 1. The average Bonchev–Trinajstić information content (AvgIpc) is 2.10. The van der Waals surface area contributed by atoms with Crippen molar-refractivity contribution in [1.29, 1.82) is 0 Å². The van der Waals surface area contributed by atoms with Gasteiger partial charge in [0.05, 0.1) is 5.69 Å². The van der Waals surface area contributed by atoms with E-state index in [4.69, 9.17) is 0 Å². The molecule has 1 rings (SSSR count). The molecule has 0 aliphatic rings. The Morgan fingerprint density at radius 3 is 2.73 bits per heavy atom. The molecule has 0 aliphatic carbocycles. The summed E-state index contributed by atoms with van der Waals surface area (Å²) in [6, 6.07) is 5.78. The van der Waals surface area contributed by atoms with Crippen molar-refractivity contribution in [3.05, 3.63) is 37.9 Å². The van der Waals surface area contributed by atoms with Gasteiger partial charge in [0, 0.05) is 14.1 Å². The van der Waals surface area contributed by atoms with Crippen LogP contribution >= 0.6 is 38.5 Å². The molecule has 0 radical (unpaired) electrons. The van der Waals surface area contributed by atoms with Crippen molar-refractivity contribution in [2.75, 3.05) is 5.32 Å². The predicted octanol–water partition coefficient (Wildman–Crippen LogP) is 3.96. The molecule has 0 bridgehead atoms. The summed E-state index contributed by atoms with van der Waals surface area (Å²) in [6.45, 7) is 3.79. The minimum absolute atomic E-state index is 0.0917. The van der Waals surface area contributed by atoms with Crippen molar-refractivity contribution in [3.63, 3.8) is 0 Å². The van der Waals surface area contributed by atoms with Gasteiger partial charge in [-0.1, -0.05) is 21.5 Å². The molecule has 0 heterocycles. The Morgan fingerprint density at radius 1 is 1.47 bits per heavy atom. The zero-order valence-corrected chi connectivity index (χ0v) is 12.2. The molecule has 0 saturated heterocycles. The highest BCUT2D eigenvalue weighted by Crippen LogP contribution is 2.22. The molecule has 80 valence electrons. The number of carbonyl (C=O) groups excluding carboxylic acids is 1. The number of halogens is 2. The van der Waals surface area contributed by atoms with E-state index in [0.717, 1.165) is 19.3 Å². The SMILES string of the molecule is CC(C)=CC(=O)Nc1cc(Br)ccc1I. The van der Waals surface area contributed by atoms with Gasteiger partial charge in [0.25, 0.3) is 0 Å². The summed E-state index contributed by atoms with van der Waals surface area (Å²) >= 11 is 5.55. The van der Waals surface area contributed by atoms with E-state index in [1.54, 1.807) is 6.08 Å². The molecule has 0 saturated carbocycles. The van der Waals surface area contributed by atoms with Crippen LogP contribution in [0.1, 0.15) is 13.8 Å². The lowest BCUT2D eigenvalue weighted by Crippen LogP contribution is -2.09. The van der Waals surface area contributed by atoms with Gasteiger partial charge in [-0.2, -0.15) is 0 Å². The van der Waals surface area contributed by atoms with E-state index in [1.165, 1.54) is 0 Å². The predicted molar refractivity (Wildman–Crippen MR) is 74.9 cm³/mol. The fourth-order valence-corrected chi connectivity index (χ4v) is 1.86. The minimum Gasteiger partial charge on any atom is -0.321 e. The molecule has 0 aromatic heterocycles. The van der Waals surface area contributed by atoms with E-state index in [0.29, 0.717) is 0 Å². The number of nitrogens with one attached hydrogen (secondary N) is 1. The number of hydrogen-bond donors (Lipinski definition) is 1. The van der Waals surface area contributed by atoms with Crippen LogP contribution in [-0.2, 0) is 4.79 Å². The molecule has 1 aromatic rings. The maximum Gasteiger partial charge on any atom is 0.248 e. The van der Waals surface area contributed by atoms with E-state index < -0.39 is 0 Å². The number of hydrogen-bond acceptors (Lipinski definition) is 1. The van der Waals surface area contributed by atoms with Crippen LogP contribution in [0.5, 0.6) is 0 Å². The van der Waals surface area contributed by atoms with Gasteiger partial charge in [0.15, 0.2) is 0 Å². The smallest absolute Gasteiger partial charge is 0.248 e. The van der Waals surface area contributed by atoms with Gasteiger partial charge in [-0.05, 0) is 54.6 Å². The summed E-state index contributed by atoms with van der Waals surface area (Å²) in [7, 11) is 0. The molecular formula is C11H11BrINO. The van der Waals surface area contributed by atoms with E-state index in [1.807, 2.05) is 32.0 Å². The number of allylic oxidation sites excluding steroid dienone is 1. The fourth-order valence-electron chi connectivity index (χ4n) is 1.02. The summed E-state index contributed by atoms with van der Waals surface area (Å²) in [4.78, 5) is 11.5. The zero-order chi connectivity index (χ0) is 11.4. The molecule has 0 fully saturated rings. The van der Waals surface area contributed by atoms with Crippen molar-refractivity contribution in [3.8, 4) is 0 Å². The molecular weight excluding hydrogens is 369 g/mol. The maximum atomic E-state index is 11.5. The Hall–Kier alpha value is -0.360. The van der Waals surface area contributed by atoms with E-state index >= 15 is 0 Å². The van der Waals surface area contributed by atoms with Crippen molar-refractivity contribution in [2.45, 2.75) is 13.8 Å². The normalized spacial score (nSPS) is 9.60. The van der Waals surface area contributed by atoms with Crippen LogP contribution in [0.25, 0.3) is 0 Å². The van der Waals surface area contributed by atoms with Gasteiger partial charge >= 0.3 is 0 Å². The van der Waals surface area contributed by atoms with Gasteiger partial charge in [-0.3, -0.25) is 4.79 Å². The van der Waals surface area contributed by atoms with E-state index in [-0.39, 0.29) is 5.91 Å². The first-order valence-corrected chi connectivity index (χ1v) is 6.27. The molecule has 1 aromatic carbocycles. The second-order valence-electron chi connectivity index (χ2n) is 3.34. The van der Waals surface area contributed by atoms with Gasteiger partial charge < -0.3 is 5.32 Å². The lowest BCUT2D eigenvalue weighted by Gasteiger charge is -2.05. The Bertz CT molecular complexity index is 411. The monoisotopic (exact) mass is 379 g/mol. The standard InChI is InChI=1S/C11H11BrINO/c1-7(2)5-11(15)14-10-6-8(12)3-4-9(10)13/h3-6H,1-2H3,(H,14,15). The van der Waals surface area contributed by atoms with Crippen LogP contribution in [-0.4, -0.2) is 5.91 Å². The topological polar surface area (TPSA) is 29.1 Å². The first-order chi connectivity index (χ1) is 6.99. The number of carbonyl (C=O) groups is 1. The summed E-state index contributed by atoms with van der Waals surface area (Å²) in [5.41, 5.74) is 1.81. The Balaban J connectivity index is 2.85. The largest absolute Gasteiger partial charge is 0.321 e. The van der Waals surface area contributed by atoms with Crippen LogP contribution in [0, 0.1) is 3.57 Å². The molecule has 0 spiro atoms. The van der Waals surface area contributed by atoms with Gasteiger partial charge in [0.2, 0.25) is 5.91 Å². The second kappa shape index (κ2) is 5.65. The molecule has 0 aliphatic heterocycles. The van der Waals surface area contributed by atoms with Gasteiger partial charge in [-0.25, -0.2) is 0 Å². The molecule has 1 N–H and O–H groups in total. The lowest BCUT2D eigenvalue weighted by molar-refractivity contribution is -0.111. The second-order valence-corrected chi connectivity index (χ2v) is 5.41. The highest BCUT2D eigenvalue weighted by Gasteiger charge is 2.03. The van der Waals surface area contributed by atoms with Crippen molar-refractivity contribution < 1.29 is 4.79 Å². The zero-order valence-electron chi connectivity index (χ0n) is 8.47. The Kier molecular flexibility index (Phi) is 4.79. The highest BCUT2D eigenvalue weighted by molar-refractivity contribution is 14.1. The number of rotatable bonds is 2. The van der Waals surface area contributed by atoms with Crippen LogP contribution in [0.2, 0.25) is 0 Å². The third-order valence-electron chi connectivity index (χ3n) is 1.61. The summed E-state index contributed by atoms with van der Waals surface area (Å²) in [6.07, 6.45) is 1.58. The van der Waals surface area contributed by atoms with Crippen LogP contribution in [0.3, 0.4) is 0 Å². The molecule has 1 amide bonds. The summed E-state index contributed by atoms with van der Waals surface area (Å²) in [5, 5.41) is 2.83. The van der Waals surface area contributed by atoms with Crippen LogP contribution in [0.15, 0.2) is 34.3 Å². The van der Waals surface area contributed by atoms with E-state index in [9.17, 15) is 4.79 Å². The van der Waals surface area contributed by atoms with Crippen molar-refractivity contribution in [2.24, 2.45) is 0 Å². The molecule has 15 heavy (non-hydrogen) atoms. The van der Waals surface area contributed by atoms with Gasteiger partial charge in [0.1, 0.15) is 0 Å². The van der Waals surface area contributed by atoms with Crippen molar-refractivity contribution >= 4 is 50.1 Å². The fraction of sp³-hybridized carbons (Fsp3) is 0.182. The van der Waals surface area contributed by atoms with Gasteiger partial charge in [-0.15, -0.1) is 0 Å². The summed E-state index contributed by atoms with van der Waals surface area (Å²) < 4.78 is 1.97. The first-order valence-electron chi connectivity index (χ1n) is 4.40. The number of amides is 1. The number of anilines is 1. The molecule has 4 heteroatoms. The Labute approximate surface area is 111 Å². The van der Waals surface area contributed by atoms with Crippen molar-refractivity contribution in [1.82, 2.24) is 0 Å². The maximum absolute atomic E-state index is 11.5. The van der Waals surface area contributed by atoms with E-state index in [2.05, 4.69) is 43.8 Å². The van der Waals surface area contributed by atoms with Crippen LogP contribution < -0.4 is 5.32 Å². The third-order valence-corrected chi connectivity index (χ3v) is 3.04. The lowest BCUT2D eigenvalue weighted by atomic mass is 10.3. The molecule has 0 atom stereocenters. The third kappa shape index (κ3) is 4.34.